The van der Waals surface area contributed by atoms with Crippen LogP contribution in [0.3, 0.4) is 0 Å². The van der Waals surface area contributed by atoms with Gasteiger partial charge in [-0.15, -0.1) is 0 Å². The highest BCUT2D eigenvalue weighted by Gasteiger charge is 2.45. The fourth-order valence-electron chi connectivity index (χ4n) is 4.30. The first kappa shape index (κ1) is 20.5. The first-order valence-corrected chi connectivity index (χ1v) is 10.6. The predicted molar refractivity (Wildman–Crippen MR) is 123 cm³/mol. The highest BCUT2D eigenvalue weighted by atomic mass is 35.5. The van der Waals surface area contributed by atoms with Gasteiger partial charge in [-0.3, -0.25) is 19.1 Å². The smallest absolute Gasteiger partial charge is 0.273 e. The summed E-state index contributed by atoms with van der Waals surface area (Å²) in [6.45, 7) is 3.74. The third-order valence-corrected chi connectivity index (χ3v) is 6.12. The Kier molecular flexibility index (Phi) is 4.69. The second-order valence-corrected chi connectivity index (χ2v) is 8.92. The van der Waals surface area contributed by atoms with Crippen molar-refractivity contribution in [2.45, 2.75) is 32.0 Å². The number of aromatic amines is 1. The van der Waals surface area contributed by atoms with Crippen molar-refractivity contribution >= 4 is 39.1 Å². The lowest BCUT2D eigenvalue weighted by Gasteiger charge is -2.29. The summed E-state index contributed by atoms with van der Waals surface area (Å²) in [6.07, 6.45) is 0.783. The molecule has 0 saturated carbocycles. The van der Waals surface area contributed by atoms with Crippen LogP contribution in [0.4, 0.5) is 0 Å². The molecule has 1 saturated heterocycles. The van der Waals surface area contributed by atoms with Gasteiger partial charge in [-0.05, 0) is 41.5 Å². The fourth-order valence-corrected chi connectivity index (χ4v) is 4.46. The molecule has 2 heterocycles. The first-order valence-electron chi connectivity index (χ1n) is 10.2. The molecule has 0 spiro atoms. The summed E-state index contributed by atoms with van der Waals surface area (Å²) < 4.78 is 1.21. The van der Waals surface area contributed by atoms with Crippen LogP contribution in [0.15, 0.2) is 70.4 Å². The number of H-pyrrole nitrogens is 1. The lowest BCUT2D eigenvalue weighted by atomic mass is 9.94. The van der Waals surface area contributed by atoms with Crippen LogP contribution in [0.2, 0.25) is 5.02 Å². The Balaban J connectivity index is 1.63. The molecule has 8 heteroatoms. The molecule has 1 fully saturated rings. The van der Waals surface area contributed by atoms with E-state index in [-0.39, 0.29) is 10.9 Å². The maximum absolute atomic E-state index is 13.9. The minimum atomic E-state index is -0.794. The summed E-state index contributed by atoms with van der Waals surface area (Å²) in [5, 5.41) is 4.75. The zero-order valence-corrected chi connectivity index (χ0v) is 18.2. The quantitative estimate of drug-likeness (QED) is 0.463. The highest BCUT2D eigenvalue weighted by Crippen LogP contribution is 2.39. The SMILES string of the molecule is CC1(C)CC(n2cc(Cl)c(=O)[nH]c2=O)ON1C(=O)c1c2ccccc2cc2ccccc12. The number of rotatable bonds is 2. The van der Waals surface area contributed by atoms with Gasteiger partial charge < -0.3 is 0 Å². The number of amides is 1. The molecular weight excluding hydrogens is 430 g/mol. The van der Waals surface area contributed by atoms with Gasteiger partial charge in [0.05, 0.1) is 11.1 Å². The lowest BCUT2D eigenvalue weighted by molar-refractivity contribution is -0.163. The molecule has 4 aromatic rings. The van der Waals surface area contributed by atoms with E-state index in [0.29, 0.717) is 12.0 Å². The van der Waals surface area contributed by atoms with E-state index in [4.69, 9.17) is 16.4 Å². The van der Waals surface area contributed by atoms with Gasteiger partial charge in [-0.1, -0.05) is 60.1 Å². The number of hydrogen-bond donors (Lipinski definition) is 1. The molecule has 32 heavy (non-hydrogen) atoms. The van der Waals surface area contributed by atoms with Gasteiger partial charge >= 0.3 is 5.69 Å². The van der Waals surface area contributed by atoms with Crippen molar-refractivity contribution in [3.63, 3.8) is 0 Å². The molecule has 0 aliphatic carbocycles. The average Bonchev–Trinajstić information content (AvgIpc) is 3.09. The second-order valence-electron chi connectivity index (χ2n) is 8.51. The Bertz CT molecular complexity index is 1450. The van der Waals surface area contributed by atoms with Crippen LogP contribution in [-0.2, 0) is 4.84 Å². The third kappa shape index (κ3) is 3.21. The van der Waals surface area contributed by atoms with E-state index in [0.717, 1.165) is 21.5 Å². The van der Waals surface area contributed by atoms with Gasteiger partial charge in [0.1, 0.15) is 5.02 Å². The fraction of sp³-hybridized carbons (Fsp3) is 0.208. The Morgan fingerprint density at radius 1 is 1.06 bits per heavy atom. The zero-order valence-electron chi connectivity index (χ0n) is 17.5. The van der Waals surface area contributed by atoms with E-state index in [9.17, 15) is 14.4 Å². The van der Waals surface area contributed by atoms with Crippen molar-refractivity contribution in [3.8, 4) is 0 Å². The number of aromatic nitrogens is 2. The van der Waals surface area contributed by atoms with Crippen molar-refractivity contribution in [3.05, 3.63) is 92.2 Å². The van der Waals surface area contributed by atoms with E-state index in [2.05, 4.69) is 11.1 Å². The van der Waals surface area contributed by atoms with Crippen LogP contribution < -0.4 is 11.2 Å². The number of fused-ring (bicyclic) bond motifs is 2. The number of carbonyl (C=O) groups excluding carboxylic acids is 1. The minimum absolute atomic E-state index is 0.129. The van der Waals surface area contributed by atoms with E-state index in [1.54, 1.807) is 0 Å². The predicted octanol–water partition coefficient (Wildman–Crippen LogP) is 4.25. The first-order chi connectivity index (χ1) is 15.3. The van der Waals surface area contributed by atoms with Crippen LogP contribution in [0.5, 0.6) is 0 Å². The van der Waals surface area contributed by atoms with Gasteiger partial charge in [0, 0.05) is 12.6 Å². The number of nitrogens with one attached hydrogen (secondary N) is 1. The third-order valence-electron chi connectivity index (χ3n) is 5.86. The Labute approximate surface area is 187 Å². The normalized spacial score (nSPS) is 17.8. The summed E-state index contributed by atoms with van der Waals surface area (Å²) in [7, 11) is 0. The number of hydroxylamine groups is 2. The molecule has 0 radical (unpaired) electrons. The Morgan fingerprint density at radius 2 is 1.66 bits per heavy atom. The summed E-state index contributed by atoms with van der Waals surface area (Å²) in [5.41, 5.74) is -1.49. The maximum atomic E-state index is 13.9. The van der Waals surface area contributed by atoms with E-state index in [1.807, 2.05) is 62.4 Å². The number of halogens is 1. The van der Waals surface area contributed by atoms with Gasteiger partial charge in [-0.25, -0.2) is 14.7 Å². The summed E-state index contributed by atoms with van der Waals surface area (Å²) >= 11 is 5.92. The van der Waals surface area contributed by atoms with E-state index in [1.165, 1.54) is 15.8 Å². The average molecular weight is 450 g/mol. The molecule has 1 unspecified atom stereocenters. The zero-order chi connectivity index (χ0) is 22.6. The largest absolute Gasteiger partial charge is 0.330 e. The molecule has 1 aliphatic heterocycles. The molecular formula is C24H20ClN3O4. The monoisotopic (exact) mass is 449 g/mol. The molecule has 162 valence electrons. The van der Waals surface area contributed by atoms with Crippen molar-refractivity contribution in [1.29, 1.82) is 0 Å². The van der Waals surface area contributed by atoms with Crippen LogP contribution in [0, 0.1) is 0 Å². The second kappa shape index (κ2) is 7.32. The molecule has 0 bridgehead atoms. The van der Waals surface area contributed by atoms with Crippen molar-refractivity contribution in [1.82, 2.24) is 14.6 Å². The van der Waals surface area contributed by atoms with Crippen molar-refractivity contribution < 1.29 is 9.63 Å². The van der Waals surface area contributed by atoms with E-state index < -0.39 is 23.0 Å². The number of benzene rings is 3. The molecule has 7 nitrogen and oxygen atoms in total. The van der Waals surface area contributed by atoms with Gasteiger partial charge in [-0.2, -0.15) is 0 Å². The molecule has 3 aromatic carbocycles. The van der Waals surface area contributed by atoms with Crippen LogP contribution in [0.25, 0.3) is 21.5 Å². The Morgan fingerprint density at radius 3 is 2.28 bits per heavy atom. The summed E-state index contributed by atoms with van der Waals surface area (Å²) in [5.74, 6) is -0.297. The number of carbonyl (C=O) groups is 1. The van der Waals surface area contributed by atoms with Crippen molar-refractivity contribution in [2.75, 3.05) is 0 Å². The maximum Gasteiger partial charge on any atom is 0.330 e. The molecule has 5 rings (SSSR count). The molecule has 1 N–H and O–H groups in total. The Hall–Kier alpha value is -3.42. The molecule has 1 aromatic heterocycles. The van der Waals surface area contributed by atoms with Crippen LogP contribution in [-0.4, -0.2) is 26.1 Å². The van der Waals surface area contributed by atoms with Gasteiger partial charge in [0.25, 0.3) is 11.5 Å². The standard InChI is InChI=1S/C24H20ClN3O4/c1-24(2)12-19(27-13-18(25)21(29)26-23(27)31)32-28(24)22(30)20-16-9-5-3-7-14(16)11-15-8-4-6-10-17(15)20/h3-11,13,19H,12H2,1-2H3,(H,26,29,31). The van der Waals surface area contributed by atoms with Crippen LogP contribution >= 0.6 is 11.6 Å². The summed E-state index contributed by atoms with van der Waals surface area (Å²) in [6, 6.07) is 17.5. The summed E-state index contributed by atoms with van der Waals surface area (Å²) in [4.78, 5) is 46.1. The van der Waals surface area contributed by atoms with Crippen LogP contribution in [0.1, 0.15) is 36.9 Å². The minimum Gasteiger partial charge on any atom is -0.273 e. The topological polar surface area (TPSA) is 84.4 Å². The van der Waals surface area contributed by atoms with Gasteiger partial charge in [0.15, 0.2) is 6.23 Å². The van der Waals surface area contributed by atoms with Crippen molar-refractivity contribution in [2.24, 2.45) is 0 Å². The number of nitrogens with zero attached hydrogens (tertiary/aromatic N) is 2. The molecule has 1 aliphatic rings. The molecule has 1 atom stereocenters. The molecule has 1 amide bonds. The van der Waals surface area contributed by atoms with Gasteiger partial charge in [0.2, 0.25) is 0 Å². The highest BCUT2D eigenvalue weighted by molar-refractivity contribution is 6.30. The van der Waals surface area contributed by atoms with E-state index >= 15 is 0 Å². The number of hydrogen-bond acceptors (Lipinski definition) is 4. The lowest BCUT2D eigenvalue weighted by Crippen LogP contribution is -2.42.